The number of nitrogens with zero attached hydrogens (tertiary/aromatic N) is 1. The van der Waals surface area contributed by atoms with E-state index in [0.717, 1.165) is 0 Å². The maximum Gasteiger partial charge on any atom is 0.479 e. The van der Waals surface area contributed by atoms with Gasteiger partial charge in [0.1, 0.15) is 0 Å². The van der Waals surface area contributed by atoms with E-state index in [1.165, 1.54) is 6.92 Å². The molecule has 0 fully saturated rings. The number of quaternary nitrogens is 1. The minimum Gasteiger partial charge on any atom is -0.435 e. The van der Waals surface area contributed by atoms with E-state index >= 15 is 0 Å². The molecule has 100 valence electrons. The minimum atomic E-state index is -4.20. The predicted molar refractivity (Wildman–Crippen MR) is 60.7 cm³/mol. The summed E-state index contributed by atoms with van der Waals surface area (Å²) < 4.78 is 25.2. The van der Waals surface area contributed by atoms with Crippen LogP contribution in [-0.2, 0) is 23.1 Å². The number of phosphoric ester groups is 1. The van der Waals surface area contributed by atoms with Crippen LogP contribution >= 0.6 is 7.82 Å². The molecular weight excluding hydrogens is 249 g/mol. The van der Waals surface area contributed by atoms with Gasteiger partial charge in [-0.2, -0.15) is 0 Å². The lowest BCUT2D eigenvalue weighted by molar-refractivity contribution is -0.887. The van der Waals surface area contributed by atoms with Crippen molar-refractivity contribution in [2.75, 3.05) is 34.7 Å². The Labute approximate surface area is 101 Å². The molecule has 0 heterocycles. The highest BCUT2D eigenvalue weighted by Crippen LogP contribution is 2.43. The second-order valence-electron chi connectivity index (χ2n) is 4.48. The standard InChI is InChI=1S/C9H18NO6P/c1-8(2)9(11)14-7-16-17(12,13)15-6-10(3,4)5/h1,6-7H2,2-5H3/p+1. The van der Waals surface area contributed by atoms with Gasteiger partial charge in [0.2, 0.25) is 6.79 Å². The third-order valence-corrected chi connectivity index (χ3v) is 2.24. The van der Waals surface area contributed by atoms with Crippen molar-refractivity contribution in [2.45, 2.75) is 6.92 Å². The predicted octanol–water partition coefficient (Wildman–Crippen LogP) is 0.861. The van der Waals surface area contributed by atoms with Crippen LogP contribution in [-0.4, -0.2) is 50.0 Å². The third-order valence-electron chi connectivity index (χ3n) is 1.36. The van der Waals surface area contributed by atoms with Gasteiger partial charge in [0.25, 0.3) is 0 Å². The molecule has 0 spiro atoms. The number of carbonyl (C=O) groups excluding carboxylic acids is 1. The number of ether oxygens (including phenoxy) is 1. The molecule has 0 saturated heterocycles. The van der Waals surface area contributed by atoms with E-state index < -0.39 is 20.6 Å². The van der Waals surface area contributed by atoms with Crippen LogP contribution in [0.25, 0.3) is 0 Å². The van der Waals surface area contributed by atoms with Gasteiger partial charge in [0, 0.05) is 5.57 Å². The fourth-order valence-corrected chi connectivity index (χ4v) is 1.31. The summed E-state index contributed by atoms with van der Waals surface area (Å²) >= 11 is 0. The summed E-state index contributed by atoms with van der Waals surface area (Å²) in [6.07, 6.45) is 0. The molecule has 0 radical (unpaired) electrons. The normalized spacial score (nSPS) is 15.1. The largest absolute Gasteiger partial charge is 0.479 e. The van der Waals surface area contributed by atoms with Gasteiger partial charge in [-0.15, -0.1) is 0 Å². The van der Waals surface area contributed by atoms with Crippen LogP contribution in [0.15, 0.2) is 12.2 Å². The Morgan fingerprint density at radius 1 is 1.35 bits per heavy atom. The molecular formula is C9H19NO6P+. The van der Waals surface area contributed by atoms with Crippen molar-refractivity contribution < 1.29 is 32.5 Å². The smallest absolute Gasteiger partial charge is 0.435 e. The maximum atomic E-state index is 11.3. The van der Waals surface area contributed by atoms with Gasteiger partial charge in [-0.1, -0.05) is 6.58 Å². The van der Waals surface area contributed by atoms with Crippen molar-refractivity contribution in [1.29, 1.82) is 0 Å². The van der Waals surface area contributed by atoms with Crippen molar-refractivity contribution in [2.24, 2.45) is 0 Å². The first-order valence-electron chi connectivity index (χ1n) is 4.78. The maximum absolute atomic E-state index is 11.3. The van der Waals surface area contributed by atoms with Crippen molar-refractivity contribution in [1.82, 2.24) is 0 Å². The Morgan fingerprint density at radius 2 is 1.88 bits per heavy atom. The lowest BCUT2D eigenvalue weighted by atomic mass is 10.4. The Hall–Kier alpha value is -0.720. The number of carbonyl (C=O) groups is 1. The van der Waals surface area contributed by atoms with Gasteiger partial charge in [-0.3, -0.25) is 0 Å². The molecule has 0 saturated carbocycles. The summed E-state index contributed by atoms with van der Waals surface area (Å²) in [5.74, 6) is -0.698. The first kappa shape index (κ1) is 16.3. The lowest BCUT2D eigenvalue weighted by Crippen LogP contribution is -2.36. The topological polar surface area (TPSA) is 82.1 Å². The molecule has 0 aromatic carbocycles. The van der Waals surface area contributed by atoms with Gasteiger partial charge in [-0.25, -0.2) is 18.4 Å². The number of hydrogen-bond acceptors (Lipinski definition) is 5. The van der Waals surface area contributed by atoms with Gasteiger partial charge < -0.3 is 14.1 Å². The van der Waals surface area contributed by atoms with Gasteiger partial charge in [0.15, 0.2) is 6.73 Å². The highest BCUT2D eigenvalue weighted by atomic mass is 31.2. The monoisotopic (exact) mass is 268 g/mol. The van der Waals surface area contributed by atoms with E-state index in [9.17, 15) is 14.3 Å². The zero-order chi connectivity index (χ0) is 13.7. The zero-order valence-corrected chi connectivity index (χ0v) is 11.4. The van der Waals surface area contributed by atoms with Crippen LogP contribution in [0.3, 0.4) is 0 Å². The number of esters is 1. The van der Waals surface area contributed by atoms with Gasteiger partial charge in [-0.05, 0) is 6.92 Å². The number of rotatable bonds is 7. The van der Waals surface area contributed by atoms with Crippen LogP contribution in [0.2, 0.25) is 0 Å². The van der Waals surface area contributed by atoms with Crippen molar-refractivity contribution in [3.05, 3.63) is 12.2 Å². The van der Waals surface area contributed by atoms with Crippen LogP contribution in [0.5, 0.6) is 0 Å². The number of hydrogen-bond donors (Lipinski definition) is 1. The van der Waals surface area contributed by atoms with Crippen molar-refractivity contribution in [3.8, 4) is 0 Å². The van der Waals surface area contributed by atoms with Crippen LogP contribution < -0.4 is 0 Å². The summed E-state index contributed by atoms with van der Waals surface area (Å²) in [7, 11) is 1.14. The summed E-state index contributed by atoms with van der Waals surface area (Å²) in [6, 6.07) is 0. The van der Waals surface area contributed by atoms with E-state index in [1.807, 2.05) is 0 Å². The Bertz CT molecular complexity index is 335. The highest BCUT2D eigenvalue weighted by molar-refractivity contribution is 7.47. The average Bonchev–Trinajstić information content (AvgIpc) is 2.13. The quantitative estimate of drug-likeness (QED) is 0.242. The van der Waals surface area contributed by atoms with Gasteiger partial charge >= 0.3 is 13.8 Å². The molecule has 0 rings (SSSR count). The molecule has 1 atom stereocenters. The highest BCUT2D eigenvalue weighted by Gasteiger charge is 2.25. The molecule has 0 aliphatic heterocycles. The second kappa shape index (κ2) is 6.28. The molecule has 0 amide bonds. The molecule has 0 aromatic heterocycles. The molecule has 0 aromatic rings. The van der Waals surface area contributed by atoms with E-state index in [2.05, 4.69) is 20.4 Å². The lowest BCUT2D eigenvalue weighted by Gasteiger charge is -2.24. The SMILES string of the molecule is C=C(C)C(=O)OCOP(=O)(O)OC[N+](C)(C)C. The Balaban J connectivity index is 3.99. The molecule has 7 nitrogen and oxygen atoms in total. The third kappa shape index (κ3) is 9.02. The first-order chi connectivity index (χ1) is 7.53. The zero-order valence-electron chi connectivity index (χ0n) is 10.5. The molecule has 8 heteroatoms. The fourth-order valence-electron chi connectivity index (χ4n) is 0.553. The van der Waals surface area contributed by atoms with Crippen LogP contribution in [0, 0.1) is 0 Å². The molecule has 1 unspecified atom stereocenters. The summed E-state index contributed by atoms with van der Waals surface area (Å²) in [4.78, 5) is 20.1. The number of phosphoric acid groups is 1. The first-order valence-corrected chi connectivity index (χ1v) is 6.28. The van der Waals surface area contributed by atoms with Crippen LogP contribution in [0.4, 0.5) is 0 Å². The fraction of sp³-hybridized carbons (Fsp3) is 0.667. The average molecular weight is 268 g/mol. The summed E-state index contributed by atoms with van der Waals surface area (Å²) in [5.41, 5.74) is 0.175. The minimum absolute atomic E-state index is 0.0117. The van der Waals surface area contributed by atoms with E-state index in [-0.39, 0.29) is 12.3 Å². The Morgan fingerprint density at radius 3 is 2.29 bits per heavy atom. The second-order valence-corrected chi connectivity index (χ2v) is 5.93. The van der Waals surface area contributed by atoms with E-state index in [0.29, 0.717) is 4.48 Å². The summed E-state index contributed by atoms with van der Waals surface area (Å²) in [6.45, 7) is 4.13. The molecule has 1 N–H and O–H groups in total. The summed E-state index contributed by atoms with van der Waals surface area (Å²) in [5, 5.41) is 0. The molecule has 17 heavy (non-hydrogen) atoms. The van der Waals surface area contributed by atoms with E-state index in [1.54, 1.807) is 21.1 Å². The van der Waals surface area contributed by atoms with Crippen molar-refractivity contribution >= 4 is 13.8 Å². The van der Waals surface area contributed by atoms with E-state index in [4.69, 9.17) is 0 Å². The van der Waals surface area contributed by atoms with Gasteiger partial charge in [0.05, 0.1) is 21.1 Å². The van der Waals surface area contributed by atoms with Crippen molar-refractivity contribution in [3.63, 3.8) is 0 Å². The Kier molecular flexibility index (Phi) is 6.01. The molecule has 0 aliphatic carbocycles. The molecule has 0 bridgehead atoms. The molecule has 0 aliphatic rings. The van der Waals surface area contributed by atoms with Crippen LogP contribution in [0.1, 0.15) is 6.92 Å².